The van der Waals surface area contributed by atoms with E-state index in [0.717, 1.165) is 22.7 Å². The van der Waals surface area contributed by atoms with Crippen LogP contribution in [0.3, 0.4) is 0 Å². The molecular weight excluding hydrogens is 567 g/mol. The summed E-state index contributed by atoms with van der Waals surface area (Å²) in [5.41, 5.74) is 0.725. The van der Waals surface area contributed by atoms with Gasteiger partial charge in [0.05, 0.1) is 30.7 Å². The highest BCUT2D eigenvalue weighted by molar-refractivity contribution is 7.89. The fraction of sp³-hybridized carbons (Fsp3) is 0.481. The normalized spacial score (nSPS) is 13.3. The van der Waals surface area contributed by atoms with Gasteiger partial charge in [0.25, 0.3) is 0 Å². The van der Waals surface area contributed by atoms with Crippen LogP contribution in [0.4, 0.5) is 18.0 Å². The third-order valence-corrected chi connectivity index (χ3v) is 7.89. The number of carbonyl (C=O) groups excluding carboxylic acids is 2. The third kappa shape index (κ3) is 11.2. The van der Waals surface area contributed by atoms with E-state index in [1.54, 1.807) is 47.8 Å². The van der Waals surface area contributed by atoms with Crippen molar-refractivity contribution in [2.75, 3.05) is 33.4 Å². The molecule has 0 fully saturated rings. The van der Waals surface area contributed by atoms with Gasteiger partial charge in [-0.1, -0.05) is 56.2 Å². The first-order valence-corrected chi connectivity index (χ1v) is 14.5. The Hall–Kier alpha value is -3.36. The first-order valence-electron chi connectivity index (χ1n) is 13.0. The molecule has 0 saturated carbocycles. The molecule has 0 saturated heterocycles. The predicted molar refractivity (Wildman–Crippen MR) is 145 cm³/mol. The molecule has 0 aliphatic carbocycles. The topological polar surface area (TPSA) is 134 Å². The van der Waals surface area contributed by atoms with Crippen molar-refractivity contribution >= 4 is 22.0 Å². The first kappa shape index (κ1) is 33.8. The summed E-state index contributed by atoms with van der Waals surface area (Å²) >= 11 is 0. The van der Waals surface area contributed by atoms with E-state index in [9.17, 15) is 36.3 Å². The Morgan fingerprint density at radius 3 is 2.41 bits per heavy atom. The van der Waals surface area contributed by atoms with Gasteiger partial charge in [0.1, 0.15) is 12.4 Å². The summed E-state index contributed by atoms with van der Waals surface area (Å²) in [7, 11) is -2.65. The second kappa shape index (κ2) is 16.2. The van der Waals surface area contributed by atoms with Crippen molar-refractivity contribution in [3.05, 3.63) is 60.2 Å². The van der Waals surface area contributed by atoms with E-state index in [-0.39, 0.29) is 24.4 Å². The number of hydrogen-bond acceptors (Lipinski definition) is 7. The number of aliphatic hydroxyl groups excluding tert-OH is 1. The lowest BCUT2D eigenvalue weighted by Gasteiger charge is -2.30. The Kier molecular flexibility index (Phi) is 13.4. The summed E-state index contributed by atoms with van der Waals surface area (Å²) in [4.78, 5) is 23.3. The number of methoxy groups -OCH3 is 1. The number of halogens is 3. The lowest BCUT2D eigenvalue weighted by Crippen LogP contribution is -2.51. The second-order valence-electron chi connectivity index (χ2n) is 9.15. The molecule has 0 radical (unpaired) electrons. The van der Waals surface area contributed by atoms with Crippen molar-refractivity contribution in [2.45, 2.75) is 55.8 Å². The molecule has 0 aliphatic rings. The smallest absolute Gasteiger partial charge is 0.471 e. The summed E-state index contributed by atoms with van der Waals surface area (Å²) < 4.78 is 75.3. The molecule has 10 nitrogen and oxygen atoms in total. The number of alkyl halides is 3. The van der Waals surface area contributed by atoms with E-state index in [1.807, 2.05) is 6.92 Å². The number of carbonyl (C=O) groups is 2. The average Bonchev–Trinajstić information content (AvgIpc) is 2.94. The van der Waals surface area contributed by atoms with Gasteiger partial charge in [0, 0.05) is 19.2 Å². The number of nitrogens with zero attached hydrogens (tertiary/aromatic N) is 1. The van der Waals surface area contributed by atoms with Gasteiger partial charge in [-0.3, -0.25) is 4.79 Å². The molecule has 3 N–H and O–H groups in total. The van der Waals surface area contributed by atoms with Crippen LogP contribution in [0.15, 0.2) is 59.5 Å². The van der Waals surface area contributed by atoms with Crippen LogP contribution in [0, 0.1) is 0 Å². The maximum absolute atomic E-state index is 13.6. The first-order chi connectivity index (χ1) is 19.4. The van der Waals surface area contributed by atoms with Crippen LogP contribution in [0.1, 0.15) is 31.7 Å². The Labute approximate surface area is 237 Å². The van der Waals surface area contributed by atoms with Crippen molar-refractivity contribution < 1.29 is 45.8 Å². The molecule has 0 bridgehead atoms. The van der Waals surface area contributed by atoms with Crippen LogP contribution in [0.25, 0.3) is 0 Å². The van der Waals surface area contributed by atoms with Crippen molar-refractivity contribution in [1.29, 1.82) is 0 Å². The van der Waals surface area contributed by atoms with E-state index in [1.165, 1.54) is 19.2 Å². The average molecular weight is 604 g/mol. The largest absolute Gasteiger partial charge is 0.497 e. The molecule has 2 aromatic carbocycles. The fourth-order valence-electron chi connectivity index (χ4n) is 3.85. The van der Waals surface area contributed by atoms with E-state index in [2.05, 4.69) is 5.32 Å². The van der Waals surface area contributed by atoms with Gasteiger partial charge in [-0.2, -0.15) is 17.5 Å². The minimum atomic E-state index is -5.07. The van der Waals surface area contributed by atoms with Gasteiger partial charge in [-0.05, 0) is 30.5 Å². The van der Waals surface area contributed by atoms with Crippen molar-refractivity contribution in [2.24, 2.45) is 0 Å². The van der Waals surface area contributed by atoms with E-state index < -0.39 is 53.5 Å². The molecule has 2 atom stereocenters. The molecule has 228 valence electrons. The number of benzene rings is 2. The standard InChI is InChI=1S/C27H36F3N3O7S/c1-3-4-8-15-33(41(37,38)22-13-9-12-21(18-22)39-2)19-24(34)23(17-20-10-6-5-7-11-20)32-26(36)40-16-14-31-25(35)27(28,29)30/h5-7,9-13,18,23-24,34H,3-4,8,14-17,19H2,1-2H3,(H,31,35)(H,32,36). The summed E-state index contributed by atoms with van der Waals surface area (Å²) in [6.07, 6.45) is -5.29. The summed E-state index contributed by atoms with van der Waals surface area (Å²) in [5, 5.41) is 15.3. The summed E-state index contributed by atoms with van der Waals surface area (Å²) in [5.74, 6) is -1.82. The van der Waals surface area contributed by atoms with Crippen molar-refractivity contribution in [3.63, 3.8) is 0 Å². The molecule has 14 heteroatoms. The van der Waals surface area contributed by atoms with Crippen molar-refractivity contribution in [1.82, 2.24) is 14.9 Å². The Balaban J connectivity index is 2.19. The second-order valence-corrected chi connectivity index (χ2v) is 11.1. The molecule has 41 heavy (non-hydrogen) atoms. The zero-order valence-corrected chi connectivity index (χ0v) is 23.7. The zero-order valence-electron chi connectivity index (χ0n) is 22.9. The van der Waals surface area contributed by atoms with Crippen LogP contribution in [-0.4, -0.2) is 81.5 Å². The Morgan fingerprint density at radius 1 is 1.07 bits per heavy atom. The molecule has 2 amide bonds. The molecule has 0 heterocycles. The number of amides is 2. The highest BCUT2D eigenvalue weighted by Gasteiger charge is 2.38. The van der Waals surface area contributed by atoms with Crippen LogP contribution >= 0.6 is 0 Å². The number of hydrogen-bond donors (Lipinski definition) is 3. The Bertz CT molecular complexity index is 1210. The summed E-state index contributed by atoms with van der Waals surface area (Å²) in [6.45, 7) is 0.584. The number of nitrogens with one attached hydrogen (secondary N) is 2. The van der Waals surface area contributed by atoms with Crippen LogP contribution in [-0.2, 0) is 26.0 Å². The van der Waals surface area contributed by atoms with Crippen molar-refractivity contribution in [3.8, 4) is 5.75 Å². The van der Waals surface area contributed by atoms with Gasteiger partial charge in [0.2, 0.25) is 10.0 Å². The summed E-state index contributed by atoms with van der Waals surface area (Å²) in [6, 6.07) is 13.7. The quantitative estimate of drug-likeness (QED) is 0.251. The van der Waals surface area contributed by atoms with E-state index in [0.29, 0.717) is 12.2 Å². The lowest BCUT2D eigenvalue weighted by atomic mass is 10.0. The third-order valence-electron chi connectivity index (χ3n) is 6.03. The maximum atomic E-state index is 13.6. The maximum Gasteiger partial charge on any atom is 0.471 e. The van der Waals surface area contributed by atoms with Gasteiger partial charge in [-0.15, -0.1) is 0 Å². The van der Waals surface area contributed by atoms with Gasteiger partial charge < -0.3 is 25.2 Å². The van der Waals surface area contributed by atoms with Gasteiger partial charge >= 0.3 is 18.2 Å². The Morgan fingerprint density at radius 2 is 1.78 bits per heavy atom. The highest BCUT2D eigenvalue weighted by Crippen LogP contribution is 2.22. The molecule has 2 rings (SSSR count). The number of aliphatic hydroxyl groups is 1. The predicted octanol–water partition coefficient (Wildman–Crippen LogP) is 3.25. The number of sulfonamides is 1. The number of alkyl carbamates (subject to hydrolysis) is 1. The number of ether oxygens (including phenoxy) is 2. The molecular formula is C27H36F3N3O7S. The molecule has 2 aromatic rings. The number of rotatable bonds is 16. The SMILES string of the molecule is CCCCCN(CC(O)C(Cc1ccccc1)NC(=O)OCCNC(=O)C(F)(F)F)S(=O)(=O)c1cccc(OC)c1. The number of unbranched alkanes of at least 4 members (excludes halogenated alkanes) is 2. The van der Waals surface area contributed by atoms with Gasteiger partial charge in [-0.25, -0.2) is 13.2 Å². The molecule has 0 spiro atoms. The molecule has 0 aliphatic heterocycles. The highest BCUT2D eigenvalue weighted by atomic mass is 32.2. The monoisotopic (exact) mass is 603 g/mol. The van der Waals surface area contributed by atoms with Crippen LogP contribution in [0.2, 0.25) is 0 Å². The van der Waals surface area contributed by atoms with E-state index in [4.69, 9.17) is 9.47 Å². The zero-order chi connectivity index (χ0) is 30.5. The molecule has 2 unspecified atom stereocenters. The molecule has 0 aromatic heterocycles. The lowest BCUT2D eigenvalue weighted by molar-refractivity contribution is -0.173. The van der Waals surface area contributed by atoms with E-state index >= 15 is 0 Å². The van der Waals surface area contributed by atoms with Crippen LogP contribution in [0.5, 0.6) is 5.75 Å². The van der Waals surface area contributed by atoms with Crippen LogP contribution < -0.4 is 15.4 Å². The minimum absolute atomic E-state index is 0.0200. The fourth-order valence-corrected chi connectivity index (χ4v) is 5.38. The van der Waals surface area contributed by atoms with Gasteiger partial charge in [0.15, 0.2) is 0 Å². The minimum Gasteiger partial charge on any atom is -0.497 e.